The van der Waals surface area contributed by atoms with Gasteiger partial charge in [-0.25, -0.2) is 0 Å². The van der Waals surface area contributed by atoms with Gasteiger partial charge in [0, 0.05) is 16.6 Å². The Morgan fingerprint density at radius 1 is 1.32 bits per heavy atom. The molecular weight excluding hydrogens is 306 g/mol. The average Bonchev–Trinajstić information content (AvgIpc) is 2.96. The van der Waals surface area contributed by atoms with Crippen LogP contribution in [0.4, 0.5) is 6.01 Å². The monoisotopic (exact) mass is 321 g/mol. The number of aliphatic carboxylic acids is 1. The molecule has 1 aromatic carbocycles. The number of carbonyl (C=O) groups is 1. The molecule has 1 heterocycles. The molecule has 116 valence electrons. The summed E-state index contributed by atoms with van der Waals surface area (Å²) in [5.74, 6) is -0.466. The molecule has 0 aliphatic heterocycles. The average molecular weight is 322 g/mol. The molecule has 22 heavy (non-hydrogen) atoms. The van der Waals surface area contributed by atoms with E-state index in [0.29, 0.717) is 29.7 Å². The third kappa shape index (κ3) is 3.39. The summed E-state index contributed by atoms with van der Waals surface area (Å²) in [6, 6.07) is 7.77. The van der Waals surface area contributed by atoms with E-state index in [1.54, 1.807) is 12.1 Å². The number of aromatic nitrogens is 2. The molecule has 2 N–H and O–H groups in total. The molecule has 1 saturated carbocycles. The van der Waals surface area contributed by atoms with Crippen LogP contribution in [-0.2, 0) is 4.79 Å². The summed E-state index contributed by atoms with van der Waals surface area (Å²) in [5.41, 5.74) is 0.791. The van der Waals surface area contributed by atoms with Crippen molar-refractivity contribution in [1.82, 2.24) is 10.1 Å². The zero-order valence-corrected chi connectivity index (χ0v) is 12.6. The number of hydrogen-bond acceptors (Lipinski definition) is 5. The van der Waals surface area contributed by atoms with E-state index in [1.807, 2.05) is 12.1 Å². The molecule has 0 unspecified atom stereocenters. The van der Waals surface area contributed by atoms with Crippen LogP contribution in [0, 0.1) is 5.92 Å². The highest BCUT2D eigenvalue weighted by Crippen LogP contribution is 2.27. The number of hydrogen-bond donors (Lipinski definition) is 2. The molecule has 6 nitrogen and oxygen atoms in total. The summed E-state index contributed by atoms with van der Waals surface area (Å²) in [5, 5.41) is 16.7. The molecule has 1 aliphatic rings. The molecule has 0 bridgehead atoms. The summed E-state index contributed by atoms with van der Waals surface area (Å²) in [7, 11) is 0. The molecule has 2 aromatic rings. The second-order valence-corrected chi connectivity index (χ2v) is 5.90. The highest BCUT2D eigenvalue weighted by atomic mass is 35.5. The summed E-state index contributed by atoms with van der Waals surface area (Å²) in [6.45, 7) is 0. The Morgan fingerprint density at radius 3 is 2.77 bits per heavy atom. The van der Waals surface area contributed by atoms with Gasteiger partial charge in [0.05, 0.1) is 5.92 Å². The van der Waals surface area contributed by atoms with Crippen molar-refractivity contribution in [1.29, 1.82) is 0 Å². The summed E-state index contributed by atoms with van der Waals surface area (Å²) >= 11 is 5.95. The minimum absolute atomic E-state index is 0.170. The lowest BCUT2D eigenvalue weighted by Crippen LogP contribution is -2.29. The fourth-order valence-electron chi connectivity index (χ4n) is 2.69. The zero-order chi connectivity index (χ0) is 15.5. The van der Waals surface area contributed by atoms with E-state index in [9.17, 15) is 4.79 Å². The van der Waals surface area contributed by atoms with Crippen molar-refractivity contribution < 1.29 is 14.4 Å². The van der Waals surface area contributed by atoms with E-state index < -0.39 is 5.97 Å². The minimum Gasteiger partial charge on any atom is -0.481 e. The summed E-state index contributed by atoms with van der Waals surface area (Å²) in [6.07, 6.45) is 2.91. The number of rotatable bonds is 4. The Kier molecular flexibility index (Phi) is 4.29. The lowest BCUT2D eigenvalue weighted by molar-refractivity contribution is -0.142. The first kappa shape index (κ1) is 14.8. The quantitative estimate of drug-likeness (QED) is 0.896. The molecule has 0 amide bonds. The predicted molar refractivity (Wildman–Crippen MR) is 81.7 cm³/mol. The first-order chi connectivity index (χ1) is 10.6. The van der Waals surface area contributed by atoms with E-state index >= 15 is 0 Å². The zero-order valence-electron chi connectivity index (χ0n) is 11.8. The molecule has 7 heteroatoms. The molecular formula is C15H16ClN3O3. The lowest BCUT2D eigenvalue weighted by Gasteiger charge is -2.25. The first-order valence-electron chi connectivity index (χ1n) is 7.21. The Morgan fingerprint density at radius 2 is 2.09 bits per heavy atom. The van der Waals surface area contributed by atoms with Crippen molar-refractivity contribution >= 4 is 23.6 Å². The maximum atomic E-state index is 10.9. The van der Waals surface area contributed by atoms with E-state index in [2.05, 4.69) is 15.5 Å². The van der Waals surface area contributed by atoms with Crippen LogP contribution in [0.5, 0.6) is 0 Å². The molecule has 3 rings (SSSR count). The van der Waals surface area contributed by atoms with Gasteiger partial charge in [0.2, 0.25) is 5.82 Å². The van der Waals surface area contributed by atoms with Crippen molar-refractivity contribution in [2.24, 2.45) is 5.92 Å². The fourth-order valence-corrected chi connectivity index (χ4v) is 2.88. The van der Waals surface area contributed by atoms with Crippen LogP contribution in [-0.4, -0.2) is 27.3 Å². The van der Waals surface area contributed by atoms with Gasteiger partial charge in [0.15, 0.2) is 0 Å². The molecule has 1 fully saturated rings. The second-order valence-electron chi connectivity index (χ2n) is 5.46. The number of halogens is 1. The van der Waals surface area contributed by atoms with E-state index in [1.165, 1.54) is 0 Å². The molecule has 1 aromatic heterocycles. The van der Waals surface area contributed by atoms with Gasteiger partial charge in [-0.3, -0.25) is 4.79 Å². The molecule has 0 spiro atoms. The molecule has 1 aliphatic carbocycles. The van der Waals surface area contributed by atoms with Gasteiger partial charge in [-0.15, -0.1) is 0 Å². The van der Waals surface area contributed by atoms with Crippen LogP contribution >= 0.6 is 11.6 Å². The third-order valence-electron chi connectivity index (χ3n) is 3.91. The van der Waals surface area contributed by atoms with E-state index in [-0.39, 0.29) is 12.0 Å². The Hall–Kier alpha value is -2.08. The summed E-state index contributed by atoms with van der Waals surface area (Å²) in [4.78, 5) is 15.2. The van der Waals surface area contributed by atoms with Gasteiger partial charge in [0.1, 0.15) is 0 Å². The maximum absolute atomic E-state index is 10.9. The Balaban J connectivity index is 1.62. The smallest absolute Gasteiger partial charge is 0.322 e. The van der Waals surface area contributed by atoms with Gasteiger partial charge in [-0.2, -0.15) is 4.98 Å². The standard InChI is InChI=1S/C15H16ClN3O3/c16-11-3-1-2-10(8-11)13-18-15(22-19-13)17-12-6-4-9(5-7-12)14(20)21/h1-3,8-9,12H,4-7H2,(H,20,21)(H,17,18,19). The van der Waals surface area contributed by atoms with Crippen molar-refractivity contribution in [2.75, 3.05) is 5.32 Å². The van der Waals surface area contributed by atoms with Crippen molar-refractivity contribution in [2.45, 2.75) is 31.7 Å². The Bertz CT molecular complexity index is 666. The van der Waals surface area contributed by atoms with Gasteiger partial charge >= 0.3 is 12.0 Å². The fraction of sp³-hybridized carbons (Fsp3) is 0.400. The van der Waals surface area contributed by atoms with Crippen LogP contribution in [0.2, 0.25) is 5.02 Å². The second kappa shape index (κ2) is 6.36. The Labute approximate surface area is 132 Å². The third-order valence-corrected chi connectivity index (χ3v) is 4.15. The maximum Gasteiger partial charge on any atom is 0.322 e. The largest absolute Gasteiger partial charge is 0.481 e. The number of carboxylic acid groups (broad SMARTS) is 1. The number of nitrogens with zero attached hydrogens (tertiary/aromatic N) is 2. The van der Waals surface area contributed by atoms with Crippen LogP contribution in [0.25, 0.3) is 11.4 Å². The number of benzene rings is 1. The first-order valence-corrected chi connectivity index (χ1v) is 7.58. The van der Waals surface area contributed by atoms with Crippen LogP contribution in [0.15, 0.2) is 28.8 Å². The number of anilines is 1. The van der Waals surface area contributed by atoms with Crippen molar-refractivity contribution in [3.05, 3.63) is 29.3 Å². The van der Waals surface area contributed by atoms with Crippen molar-refractivity contribution in [3.63, 3.8) is 0 Å². The van der Waals surface area contributed by atoms with Gasteiger partial charge in [-0.1, -0.05) is 28.9 Å². The molecule has 0 radical (unpaired) electrons. The van der Waals surface area contributed by atoms with E-state index in [0.717, 1.165) is 18.4 Å². The van der Waals surface area contributed by atoms with Crippen molar-refractivity contribution in [3.8, 4) is 11.4 Å². The van der Waals surface area contributed by atoms with Crippen LogP contribution in [0.1, 0.15) is 25.7 Å². The number of carboxylic acids is 1. The highest BCUT2D eigenvalue weighted by Gasteiger charge is 2.26. The van der Waals surface area contributed by atoms with Gasteiger partial charge < -0.3 is 14.9 Å². The summed E-state index contributed by atoms with van der Waals surface area (Å²) < 4.78 is 5.20. The topological polar surface area (TPSA) is 88.2 Å². The number of nitrogens with one attached hydrogen (secondary N) is 1. The molecule has 0 saturated heterocycles. The van der Waals surface area contributed by atoms with E-state index in [4.69, 9.17) is 21.2 Å². The van der Waals surface area contributed by atoms with Gasteiger partial charge in [0.25, 0.3) is 0 Å². The molecule has 0 atom stereocenters. The minimum atomic E-state index is -0.709. The van der Waals surface area contributed by atoms with Crippen LogP contribution in [0.3, 0.4) is 0 Å². The highest BCUT2D eigenvalue weighted by molar-refractivity contribution is 6.30. The normalized spacial score (nSPS) is 21.5. The SMILES string of the molecule is O=C(O)C1CCC(Nc2nc(-c3cccc(Cl)c3)no2)CC1. The lowest BCUT2D eigenvalue weighted by atomic mass is 9.86. The predicted octanol–water partition coefficient (Wildman–Crippen LogP) is 3.45. The van der Waals surface area contributed by atoms with Gasteiger partial charge in [-0.05, 0) is 37.8 Å². The van der Waals surface area contributed by atoms with Crippen LogP contribution < -0.4 is 5.32 Å².